The molecule has 0 saturated heterocycles. The van der Waals surface area contributed by atoms with E-state index in [9.17, 15) is 4.79 Å². The number of carbonyl (C=O) groups excluding carboxylic acids is 1. The number of aryl methyl sites for hydroxylation is 1. The first-order chi connectivity index (χ1) is 11.0. The SMILES string of the molecule is COc1cc(C(=O)N(C)Cc2cc(C)on2)cc(OC)c1OC. The summed E-state index contributed by atoms with van der Waals surface area (Å²) in [5.74, 6) is 1.82. The number of nitrogens with zero attached hydrogens (tertiary/aromatic N) is 2. The zero-order chi connectivity index (χ0) is 17.0. The maximum absolute atomic E-state index is 12.6. The van der Waals surface area contributed by atoms with Gasteiger partial charge in [0.25, 0.3) is 5.91 Å². The average Bonchev–Trinajstić information content (AvgIpc) is 2.97. The number of aromatic nitrogens is 1. The van der Waals surface area contributed by atoms with Crippen molar-refractivity contribution in [1.82, 2.24) is 10.1 Å². The average molecular weight is 320 g/mol. The Bertz CT molecular complexity index is 671. The van der Waals surface area contributed by atoms with Crippen LogP contribution in [0.1, 0.15) is 21.8 Å². The van der Waals surface area contributed by atoms with E-state index in [1.807, 2.05) is 0 Å². The summed E-state index contributed by atoms with van der Waals surface area (Å²) < 4.78 is 20.8. The molecule has 1 aromatic carbocycles. The normalized spacial score (nSPS) is 10.3. The van der Waals surface area contributed by atoms with E-state index in [0.717, 1.165) is 0 Å². The van der Waals surface area contributed by atoms with E-state index in [-0.39, 0.29) is 5.91 Å². The van der Waals surface area contributed by atoms with Crippen LogP contribution in [0.2, 0.25) is 0 Å². The largest absolute Gasteiger partial charge is 0.493 e. The van der Waals surface area contributed by atoms with Gasteiger partial charge in [-0.2, -0.15) is 0 Å². The lowest BCUT2D eigenvalue weighted by Gasteiger charge is -2.18. The highest BCUT2D eigenvalue weighted by Crippen LogP contribution is 2.38. The van der Waals surface area contributed by atoms with Crippen LogP contribution in [0.15, 0.2) is 22.7 Å². The third-order valence-corrected chi connectivity index (χ3v) is 3.33. The minimum atomic E-state index is -0.190. The predicted molar refractivity (Wildman–Crippen MR) is 83.1 cm³/mol. The van der Waals surface area contributed by atoms with Crippen molar-refractivity contribution in [3.63, 3.8) is 0 Å². The number of amides is 1. The van der Waals surface area contributed by atoms with Gasteiger partial charge < -0.3 is 23.6 Å². The van der Waals surface area contributed by atoms with Crippen molar-refractivity contribution >= 4 is 5.91 Å². The molecule has 2 rings (SSSR count). The van der Waals surface area contributed by atoms with Gasteiger partial charge in [-0.1, -0.05) is 5.16 Å². The van der Waals surface area contributed by atoms with Gasteiger partial charge in [-0.3, -0.25) is 4.79 Å². The summed E-state index contributed by atoms with van der Waals surface area (Å²) in [6.07, 6.45) is 0. The number of ether oxygens (including phenoxy) is 3. The summed E-state index contributed by atoms with van der Waals surface area (Å²) in [7, 11) is 6.22. The van der Waals surface area contributed by atoms with Crippen LogP contribution in [0, 0.1) is 6.92 Å². The first kappa shape index (κ1) is 16.7. The molecule has 7 nitrogen and oxygen atoms in total. The molecule has 1 heterocycles. The van der Waals surface area contributed by atoms with Gasteiger partial charge in [0.2, 0.25) is 5.75 Å². The van der Waals surface area contributed by atoms with Gasteiger partial charge in [-0.15, -0.1) is 0 Å². The second kappa shape index (κ2) is 7.04. The first-order valence-electron chi connectivity index (χ1n) is 6.97. The van der Waals surface area contributed by atoms with E-state index >= 15 is 0 Å². The van der Waals surface area contributed by atoms with Gasteiger partial charge in [-0.05, 0) is 19.1 Å². The summed E-state index contributed by atoms with van der Waals surface area (Å²) in [5.41, 5.74) is 1.12. The molecule has 2 aromatic rings. The van der Waals surface area contributed by atoms with Crippen molar-refractivity contribution < 1.29 is 23.5 Å². The molecule has 0 spiro atoms. The van der Waals surface area contributed by atoms with Crippen LogP contribution in [0.4, 0.5) is 0 Å². The summed E-state index contributed by atoms with van der Waals surface area (Å²) in [6.45, 7) is 2.14. The van der Waals surface area contributed by atoms with Crippen molar-refractivity contribution in [1.29, 1.82) is 0 Å². The van der Waals surface area contributed by atoms with Crippen LogP contribution in [-0.2, 0) is 6.54 Å². The Morgan fingerprint density at radius 2 is 1.74 bits per heavy atom. The molecule has 124 valence electrons. The molecule has 0 saturated carbocycles. The molecule has 0 N–H and O–H groups in total. The summed E-state index contributed by atoms with van der Waals surface area (Å²) >= 11 is 0. The maximum atomic E-state index is 12.6. The molecule has 23 heavy (non-hydrogen) atoms. The number of hydrogen-bond donors (Lipinski definition) is 0. The number of benzene rings is 1. The van der Waals surface area contributed by atoms with Crippen molar-refractivity contribution in [3.05, 3.63) is 35.2 Å². The van der Waals surface area contributed by atoms with E-state index < -0.39 is 0 Å². The van der Waals surface area contributed by atoms with Gasteiger partial charge in [0.05, 0.1) is 27.9 Å². The summed E-state index contributed by atoms with van der Waals surface area (Å²) in [6, 6.07) is 5.03. The van der Waals surface area contributed by atoms with Crippen LogP contribution < -0.4 is 14.2 Å². The fourth-order valence-electron chi connectivity index (χ4n) is 2.23. The molecule has 0 aliphatic heterocycles. The Kier molecular flexibility index (Phi) is 5.10. The van der Waals surface area contributed by atoms with Gasteiger partial charge >= 0.3 is 0 Å². The molecule has 0 aliphatic carbocycles. The Labute approximate surface area is 134 Å². The number of methoxy groups -OCH3 is 3. The molecule has 0 radical (unpaired) electrons. The molecule has 0 bridgehead atoms. The molecule has 1 amide bonds. The van der Waals surface area contributed by atoms with Gasteiger partial charge in [-0.25, -0.2) is 0 Å². The van der Waals surface area contributed by atoms with Crippen LogP contribution in [0.5, 0.6) is 17.2 Å². The van der Waals surface area contributed by atoms with Crippen molar-refractivity contribution in [2.45, 2.75) is 13.5 Å². The van der Waals surface area contributed by atoms with Crippen molar-refractivity contribution in [2.75, 3.05) is 28.4 Å². The zero-order valence-corrected chi connectivity index (χ0v) is 13.9. The number of carbonyl (C=O) groups is 1. The summed E-state index contributed by atoms with van der Waals surface area (Å²) in [4.78, 5) is 14.1. The lowest BCUT2D eigenvalue weighted by molar-refractivity contribution is 0.0781. The van der Waals surface area contributed by atoms with E-state index in [0.29, 0.717) is 40.8 Å². The second-order valence-electron chi connectivity index (χ2n) is 5.00. The molecule has 0 atom stereocenters. The minimum absolute atomic E-state index is 0.190. The highest BCUT2D eigenvalue weighted by atomic mass is 16.5. The van der Waals surface area contributed by atoms with E-state index in [1.54, 1.807) is 32.2 Å². The Balaban J connectivity index is 2.27. The molecule has 1 aromatic heterocycles. The fraction of sp³-hybridized carbons (Fsp3) is 0.375. The topological polar surface area (TPSA) is 74.0 Å². The lowest BCUT2D eigenvalue weighted by Crippen LogP contribution is -2.26. The quantitative estimate of drug-likeness (QED) is 0.813. The van der Waals surface area contributed by atoms with Crippen LogP contribution in [0.25, 0.3) is 0 Å². The maximum Gasteiger partial charge on any atom is 0.254 e. The molecular weight excluding hydrogens is 300 g/mol. The van der Waals surface area contributed by atoms with Crippen LogP contribution in [-0.4, -0.2) is 44.3 Å². The van der Waals surface area contributed by atoms with E-state index in [2.05, 4.69) is 5.16 Å². The molecular formula is C16H20N2O5. The predicted octanol–water partition coefficient (Wildman–Crippen LogP) is 2.28. The molecule has 0 unspecified atom stereocenters. The van der Waals surface area contributed by atoms with E-state index in [1.165, 1.54) is 26.2 Å². The second-order valence-corrected chi connectivity index (χ2v) is 5.00. The third kappa shape index (κ3) is 3.56. The van der Waals surface area contributed by atoms with E-state index in [4.69, 9.17) is 18.7 Å². The van der Waals surface area contributed by atoms with Gasteiger partial charge in [0, 0.05) is 18.7 Å². The standard InChI is InChI=1S/C16H20N2O5/c1-10-6-12(17-23-10)9-18(2)16(19)11-7-13(20-3)15(22-5)14(8-11)21-4/h6-8H,9H2,1-5H3. The molecule has 0 fully saturated rings. The van der Waals surface area contributed by atoms with Crippen molar-refractivity contribution in [2.24, 2.45) is 0 Å². The minimum Gasteiger partial charge on any atom is -0.493 e. The smallest absolute Gasteiger partial charge is 0.254 e. The lowest BCUT2D eigenvalue weighted by atomic mass is 10.1. The highest BCUT2D eigenvalue weighted by Gasteiger charge is 2.20. The molecule has 0 aliphatic rings. The zero-order valence-electron chi connectivity index (χ0n) is 13.9. The third-order valence-electron chi connectivity index (χ3n) is 3.33. The molecule has 7 heteroatoms. The number of rotatable bonds is 6. The van der Waals surface area contributed by atoms with Gasteiger partial charge in [0.1, 0.15) is 11.5 Å². The Hall–Kier alpha value is -2.70. The monoisotopic (exact) mass is 320 g/mol. The van der Waals surface area contributed by atoms with Crippen molar-refractivity contribution in [3.8, 4) is 17.2 Å². The highest BCUT2D eigenvalue weighted by molar-refractivity contribution is 5.95. The fourth-order valence-corrected chi connectivity index (χ4v) is 2.23. The summed E-state index contributed by atoms with van der Waals surface area (Å²) in [5, 5.41) is 3.89. The van der Waals surface area contributed by atoms with Gasteiger partial charge in [0.15, 0.2) is 11.5 Å². The Morgan fingerprint density at radius 1 is 1.13 bits per heavy atom. The van der Waals surface area contributed by atoms with Crippen LogP contribution >= 0.6 is 0 Å². The van der Waals surface area contributed by atoms with Crippen LogP contribution in [0.3, 0.4) is 0 Å². The Morgan fingerprint density at radius 3 is 2.17 bits per heavy atom. The number of hydrogen-bond acceptors (Lipinski definition) is 6. The first-order valence-corrected chi connectivity index (χ1v) is 6.97.